The SMILES string of the molecule is Cc1ccccc1-c1cnc(-c2cccnc2)nc1C1CCN(C(=O)C2CCCC2)CC1. The zero-order valence-electron chi connectivity index (χ0n) is 18.7. The summed E-state index contributed by atoms with van der Waals surface area (Å²) in [6.45, 7) is 3.77. The van der Waals surface area contributed by atoms with Crippen LogP contribution in [0, 0.1) is 12.8 Å². The molecule has 2 aromatic heterocycles. The van der Waals surface area contributed by atoms with Crippen molar-refractivity contribution in [3.05, 3.63) is 66.2 Å². The lowest BCUT2D eigenvalue weighted by atomic mass is 9.87. The number of likely N-dealkylation sites (tertiary alicyclic amines) is 1. The van der Waals surface area contributed by atoms with Crippen LogP contribution in [0.2, 0.25) is 0 Å². The average molecular weight is 427 g/mol. The zero-order chi connectivity index (χ0) is 21.9. The van der Waals surface area contributed by atoms with Gasteiger partial charge in [-0.25, -0.2) is 9.97 Å². The Hall–Kier alpha value is -3.08. The second-order valence-electron chi connectivity index (χ2n) is 9.13. The lowest BCUT2D eigenvalue weighted by molar-refractivity contribution is -0.136. The molecule has 5 heteroatoms. The minimum absolute atomic E-state index is 0.255. The number of rotatable bonds is 4. The Morgan fingerprint density at radius 2 is 1.72 bits per heavy atom. The molecule has 1 amide bonds. The van der Waals surface area contributed by atoms with Crippen molar-refractivity contribution in [2.45, 2.75) is 51.4 Å². The highest BCUT2D eigenvalue weighted by Gasteiger charge is 2.32. The lowest BCUT2D eigenvalue weighted by Crippen LogP contribution is -2.41. The number of aromatic nitrogens is 3. The second-order valence-corrected chi connectivity index (χ2v) is 9.13. The molecule has 1 aliphatic heterocycles. The molecule has 0 spiro atoms. The summed E-state index contributed by atoms with van der Waals surface area (Å²) in [4.78, 5) is 29.0. The monoisotopic (exact) mass is 426 g/mol. The molecule has 1 saturated carbocycles. The number of benzene rings is 1. The van der Waals surface area contributed by atoms with E-state index in [0.29, 0.717) is 11.8 Å². The fourth-order valence-corrected chi connectivity index (χ4v) is 5.23. The number of pyridine rings is 1. The van der Waals surface area contributed by atoms with Crippen molar-refractivity contribution in [2.75, 3.05) is 13.1 Å². The summed E-state index contributed by atoms with van der Waals surface area (Å²) < 4.78 is 0. The number of amides is 1. The van der Waals surface area contributed by atoms with E-state index in [2.05, 4.69) is 41.1 Å². The average Bonchev–Trinajstić information content (AvgIpc) is 3.39. The zero-order valence-corrected chi connectivity index (χ0v) is 18.7. The fraction of sp³-hybridized carbons (Fsp3) is 0.407. The maximum absolute atomic E-state index is 12.9. The van der Waals surface area contributed by atoms with E-state index in [4.69, 9.17) is 9.97 Å². The summed E-state index contributed by atoms with van der Waals surface area (Å²) in [5, 5.41) is 0. The van der Waals surface area contributed by atoms with Gasteiger partial charge in [0.2, 0.25) is 5.91 Å². The van der Waals surface area contributed by atoms with E-state index in [9.17, 15) is 4.79 Å². The molecule has 0 radical (unpaired) electrons. The molecule has 1 aliphatic carbocycles. The normalized spacial score (nSPS) is 17.6. The van der Waals surface area contributed by atoms with Crippen LogP contribution in [0.5, 0.6) is 0 Å². The van der Waals surface area contributed by atoms with Gasteiger partial charge in [-0.2, -0.15) is 0 Å². The summed E-state index contributed by atoms with van der Waals surface area (Å²) in [6, 6.07) is 12.3. The van der Waals surface area contributed by atoms with Crippen LogP contribution >= 0.6 is 0 Å². The van der Waals surface area contributed by atoms with Gasteiger partial charge in [0.15, 0.2) is 5.82 Å². The highest BCUT2D eigenvalue weighted by molar-refractivity contribution is 5.79. The second kappa shape index (κ2) is 9.19. The fourth-order valence-electron chi connectivity index (χ4n) is 5.23. The van der Waals surface area contributed by atoms with E-state index in [1.54, 1.807) is 6.20 Å². The van der Waals surface area contributed by atoms with Crippen LogP contribution in [-0.2, 0) is 4.79 Å². The summed E-state index contributed by atoms with van der Waals surface area (Å²) >= 11 is 0. The predicted molar refractivity (Wildman–Crippen MR) is 126 cm³/mol. The maximum Gasteiger partial charge on any atom is 0.225 e. The van der Waals surface area contributed by atoms with Crippen molar-refractivity contribution < 1.29 is 4.79 Å². The molecule has 2 fully saturated rings. The molecule has 3 aromatic rings. The summed E-state index contributed by atoms with van der Waals surface area (Å²) in [5.74, 6) is 1.66. The van der Waals surface area contributed by atoms with E-state index >= 15 is 0 Å². The largest absolute Gasteiger partial charge is 0.342 e. The quantitative estimate of drug-likeness (QED) is 0.560. The van der Waals surface area contributed by atoms with Gasteiger partial charge in [-0.05, 0) is 55.9 Å². The first-order valence-corrected chi connectivity index (χ1v) is 11.8. The Balaban J connectivity index is 1.45. The molecule has 0 N–H and O–H groups in total. The van der Waals surface area contributed by atoms with Crippen LogP contribution in [0.15, 0.2) is 55.0 Å². The molecule has 0 unspecified atom stereocenters. The van der Waals surface area contributed by atoms with Gasteiger partial charge in [-0.1, -0.05) is 37.1 Å². The number of piperidine rings is 1. The summed E-state index contributed by atoms with van der Waals surface area (Å²) in [7, 11) is 0. The van der Waals surface area contributed by atoms with Gasteiger partial charge in [0.25, 0.3) is 0 Å². The Morgan fingerprint density at radius 3 is 2.44 bits per heavy atom. The molecule has 0 atom stereocenters. The molecule has 2 aliphatic rings. The van der Waals surface area contributed by atoms with Crippen LogP contribution in [0.3, 0.4) is 0 Å². The van der Waals surface area contributed by atoms with E-state index in [-0.39, 0.29) is 5.92 Å². The van der Waals surface area contributed by atoms with Crippen molar-refractivity contribution in [1.82, 2.24) is 19.9 Å². The first-order valence-electron chi connectivity index (χ1n) is 11.8. The van der Waals surface area contributed by atoms with Crippen molar-refractivity contribution in [2.24, 2.45) is 5.92 Å². The predicted octanol–water partition coefficient (Wildman–Crippen LogP) is 5.41. The van der Waals surface area contributed by atoms with Crippen molar-refractivity contribution in [3.63, 3.8) is 0 Å². The molecule has 0 bridgehead atoms. The number of carbonyl (C=O) groups is 1. The van der Waals surface area contributed by atoms with Gasteiger partial charge < -0.3 is 4.90 Å². The van der Waals surface area contributed by atoms with E-state index in [1.165, 1.54) is 24.0 Å². The van der Waals surface area contributed by atoms with E-state index in [1.807, 2.05) is 24.5 Å². The molecule has 3 heterocycles. The number of aryl methyl sites for hydroxylation is 1. The number of nitrogens with zero attached hydrogens (tertiary/aromatic N) is 4. The number of hydrogen-bond acceptors (Lipinski definition) is 4. The maximum atomic E-state index is 12.9. The Labute approximate surface area is 189 Å². The smallest absolute Gasteiger partial charge is 0.225 e. The van der Waals surface area contributed by atoms with Crippen LogP contribution in [0.25, 0.3) is 22.5 Å². The molecule has 32 heavy (non-hydrogen) atoms. The lowest BCUT2D eigenvalue weighted by Gasteiger charge is -2.34. The van der Waals surface area contributed by atoms with Gasteiger partial charge in [0.05, 0.1) is 5.69 Å². The third-order valence-electron chi connectivity index (χ3n) is 7.07. The van der Waals surface area contributed by atoms with Crippen LogP contribution in [0.1, 0.15) is 55.7 Å². The van der Waals surface area contributed by atoms with E-state index in [0.717, 1.165) is 61.4 Å². The Kier molecular flexibility index (Phi) is 5.97. The van der Waals surface area contributed by atoms with Crippen molar-refractivity contribution in [1.29, 1.82) is 0 Å². The summed E-state index contributed by atoms with van der Waals surface area (Å²) in [5.41, 5.74) is 5.54. The van der Waals surface area contributed by atoms with Gasteiger partial charge in [-0.15, -0.1) is 0 Å². The first-order chi connectivity index (χ1) is 15.7. The van der Waals surface area contributed by atoms with Crippen LogP contribution in [-0.4, -0.2) is 38.8 Å². The van der Waals surface area contributed by atoms with E-state index < -0.39 is 0 Å². The molecule has 1 saturated heterocycles. The molecule has 164 valence electrons. The van der Waals surface area contributed by atoms with Gasteiger partial charge in [-0.3, -0.25) is 9.78 Å². The minimum atomic E-state index is 0.255. The molecule has 5 rings (SSSR count). The van der Waals surface area contributed by atoms with Crippen molar-refractivity contribution in [3.8, 4) is 22.5 Å². The van der Waals surface area contributed by atoms with Gasteiger partial charge >= 0.3 is 0 Å². The summed E-state index contributed by atoms with van der Waals surface area (Å²) in [6.07, 6.45) is 12.0. The van der Waals surface area contributed by atoms with Crippen molar-refractivity contribution >= 4 is 5.91 Å². The van der Waals surface area contributed by atoms with Crippen LogP contribution in [0.4, 0.5) is 0 Å². The van der Waals surface area contributed by atoms with Gasteiger partial charge in [0, 0.05) is 54.6 Å². The third-order valence-corrected chi connectivity index (χ3v) is 7.07. The molecule has 1 aromatic carbocycles. The molecular weight excluding hydrogens is 396 g/mol. The highest BCUT2D eigenvalue weighted by atomic mass is 16.2. The topological polar surface area (TPSA) is 59.0 Å². The minimum Gasteiger partial charge on any atom is -0.342 e. The Bertz CT molecular complexity index is 1080. The first kappa shape index (κ1) is 20.8. The van der Waals surface area contributed by atoms with Crippen LogP contribution < -0.4 is 0 Å². The molecular formula is C27H30N4O. The highest BCUT2D eigenvalue weighted by Crippen LogP contribution is 2.37. The Morgan fingerprint density at radius 1 is 0.938 bits per heavy atom. The molecule has 5 nitrogen and oxygen atoms in total. The standard InChI is InChI=1S/C27H30N4O/c1-19-7-2-5-11-23(19)24-18-29-26(22-10-6-14-28-17-22)30-25(24)20-12-15-31(16-13-20)27(32)21-8-3-4-9-21/h2,5-7,10-11,14,17-18,20-21H,3-4,8-9,12-13,15-16H2,1H3. The van der Waals surface area contributed by atoms with Gasteiger partial charge in [0.1, 0.15) is 0 Å². The number of carbonyl (C=O) groups excluding carboxylic acids is 1. The third kappa shape index (κ3) is 4.16. The number of hydrogen-bond donors (Lipinski definition) is 0.